The van der Waals surface area contributed by atoms with Crippen LogP contribution < -0.4 is 5.56 Å². The molecule has 2 N–H and O–H groups in total. The van der Waals surface area contributed by atoms with Crippen molar-refractivity contribution < 1.29 is 9.84 Å². The van der Waals surface area contributed by atoms with Gasteiger partial charge >= 0.3 is 0 Å². The SMILES string of the molecule is COCc1cc(=O)[nH]c(-c2cccc(O)c2)n1. The molecule has 0 saturated heterocycles. The van der Waals surface area contributed by atoms with Crippen LogP contribution in [0, 0.1) is 0 Å². The molecule has 1 heterocycles. The third kappa shape index (κ3) is 2.70. The second-order valence-corrected chi connectivity index (χ2v) is 3.57. The lowest BCUT2D eigenvalue weighted by Crippen LogP contribution is -2.10. The molecule has 0 bridgehead atoms. The van der Waals surface area contributed by atoms with E-state index in [1.54, 1.807) is 18.2 Å². The van der Waals surface area contributed by atoms with Gasteiger partial charge in [-0.1, -0.05) is 12.1 Å². The lowest BCUT2D eigenvalue weighted by Gasteiger charge is -2.04. The monoisotopic (exact) mass is 232 g/mol. The molecular weight excluding hydrogens is 220 g/mol. The van der Waals surface area contributed by atoms with Gasteiger partial charge in [-0.05, 0) is 12.1 Å². The van der Waals surface area contributed by atoms with Gasteiger partial charge < -0.3 is 14.8 Å². The number of aromatic nitrogens is 2. The van der Waals surface area contributed by atoms with Gasteiger partial charge in [0.2, 0.25) is 0 Å². The Bertz CT molecular complexity index is 578. The molecule has 0 aliphatic carbocycles. The van der Waals surface area contributed by atoms with Gasteiger partial charge in [-0.3, -0.25) is 4.79 Å². The normalized spacial score (nSPS) is 10.4. The van der Waals surface area contributed by atoms with Crippen molar-refractivity contribution in [3.8, 4) is 17.1 Å². The van der Waals surface area contributed by atoms with Crippen molar-refractivity contribution in [1.82, 2.24) is 9.97 Å². The van der Waals surface area contributed by atoms with Gasteiger partial charge in [-0.15, -0.1) is 0 Å². The van der Waals surface area contributed by atoms with Gasteiger partial charge in [0.15, 0.2) is 0 Å². The maximum Gasteiger partial charge on any atom is 0.251 e. The zero-order valence-corrected chi connectivity index (χ0v) is 9.30. The molecule has 0 saturated carbocycles. The molecule has 0 radical (unpaired) electrons. The fraction of sp³-hybridized carbons (Fsp3) is 0.167. The minimum Gasteiger partial charge on any atom is -0.508 e. The molecule has 0 atom stereocenters. The first-order valence-electron chi connectivity index (χ1n) is 5.07. The molecular formula is C12H12N2O3. The first-order chi connectivity index (χ1) is 8.19. The summed E-state index contributed by atoms with van der Waals surface area (Å²) in [4.78, 5) is 18.3. The summed E-state index contributed by atoms with van der Waals surface area (Å²) in [5, 5.41) is 9.37. The first-order valence-corrected chi connectivity index (χ1v) is 5.07. The summed E-state index contributed by atoms with van der Waals surface area (Å²) in [6.45, 7) is 0.274. The molecule has 88 valence electrons. The molecule has 17 heavy (non-hydrogen) atoms. The van der Waals surface area contributed by atoms with Crippen molar-refractivity contribution in [2.45, 2.75) is 6.61 Å². The number of hydrogen-bond donors (Lipinski definition) is 2. The summed E-state index contributed by atoms with van der Waals surface area (Å²) in [6, 6.07) is 7.92. The predicted molar refractivity (Wildman–Crippen MR) is 62.7 cm³/mol. The van der Waals surface area contributed by atoms with Crippen LogP contribution in [0.3, 0.4) is 0 Å². The highest BCUT2D eigenvalue weighted by molar-refractivity contribution is 5.57. The van der Waals surface area contributed by atoms with Crippen LogP contribution in [0.4, 0.5) is 0 Å². The van der Waals surface area contributed by atoms with Gasteiger partial charge in [-0.25, -0.2) is 4.98 Å². The lowest BCUT2D eigenvalue weighted by atomic mass is 10.2. The summed E-state index contributed by atoms with van der Waals surface area (Å²) >= 11 is 0. The van der Waals surface area contributed by atoms with Crippen LogP contribution in [0.5, 0.6) is 5.75 Å². The van der Waals surface area contributed by atoms with Crippen LogP contribution in [0.2, 0.25) is 0 Å². The number of aromatic amines is 1. The Labute approximate surface area is 97.7 Å². The Balaban J connectivity index is 2.48. The van der Waals surface area contributed by atoms with E-state index in [1.807, 2.05) is 0 Å². The van der Waals surface area contributed by atoms with E-state index in [2.05, 4.69) is 9.97 Å². The van der Waals surface area contributed by atoms with E-state index >= 15 is 0 Å². The highest BCUT2D eigenvalue weighted by Crippen LogP contribution is 2.19. The van der Waals surface area contributed by atoms with Crippen molar-refractivity contribution in [3.63, 3.8) is 0 Å². The Morgan fingerprint density at radius 2 is 2.24 bits per heavy atom. The highest BCUT2D eigenvalue weighted by Gasteiger charge is 2.04. The van der Waals surface area contributed by atoms with E-state index in [9.17, 15) is 9.90 Å². The summed E-state index contributed by atoms with van der Waals surface area (Å²) in [5.74, 6) is 0.544. The largest absolute Gasteiger partial charge is 0.508 e. The number of hydrogen-bond acceptors (Lipinski definition) is 4. The zero-order chi connectivity index (χ0) is 12.3. The Hall–Kier alpha value is -2.14. The fourth-order valence-corrected chi connectivity index (χ4v) is 1.52. The van der Waals surface area contributed by atoms with Gasteiger partial charge in [0.25, 0.3) is 5.56 Å². The molecule has 1 aromatic carbocycles. The summed E-state index contributed by atoms with van der Waals surface area (Å²) in [5.41, 5.74) is 0.958. The number of aromatic hydroxyl groups is 1. The molecule has 0 fully saturated rings. The van der Waals surface area contributed by atoms with Crippen LogP contribution >= 0.6 is 0 Å². The summed E-state index contributed by atoms with van der Waals surface area (Å²) in [6.07, 6.45) is 0. The summed E-state index contributed by atoms with van der Waals surface area (Å²) < 4.78 is 4.93. The smallest absolute Gasteiger partial charge is 0.251 e. The minimum atomic E-state index is -0.245. The molecule has 2 aromatic rings. The maximum absolute atomic E-state index is 11.4. The lowest BCUT2D eigenvalue weighted by molar-refractivity contribution is 0.181. The van der Waals surface area contributed by atoms with Gasteiger partial charge in [0, 0.05) is 18.7 Å². The standard InChI is InChI=1S/C12H12N2O3/c1-17-7-9-6-11(16)14-12(13-9)8-3-2-4-10(15)5-8/h2-6,15H,7H2,1H3,(H,13,14,16). The van der Waals surface area contributed by atoms with Crippen LogP contribution in [0.25, 0.3) is 11.4 Å². The van der Waals surface area contributed by atoms with Crippen LogP contribution in [0.15, 0.2) is 35.1 Å². The Morgan fingerprint density at radius 3 is 2.94 bits per heavy atom. The number of nitrogens with one attached hydrogen (secondary N) is 1. The molecule has 1 aromatic heterocycles. The topological polar surface area (TPSA) is 75.2 Å². The van der Waals surface area contributed by atoms with E-state index in [4.69, 9.17) is 4.74 Å². The average Bonchev–Trinajstić information content (AvgIpc) is 2.28. The quantitative estimate of drug-likeness (QED) is 0.836. The third-order valence-corrected chi connectivity index (χ3v) is 2.21. The van der Waals surface area contributed by atoms with Crippen molar-refractivity contribution in [2.75, 3.05) is 7.11 Å². The van der Waals surface area contributed by atoms with Crippen LogP contribution in [-0.2, 0) is 11.3 Å². The van der Waals surface area contributed by atoms with Gasteiger partial charge in [-0.2, -0.15) is 0 Å². The minimum absolute atomic E-state index is 0.127. The second kappa shape index (κ2) is 4.80. The van der Waals surface area contributed by atoms with Crippen molar-refractivity contribution in [2.24, 2.45) is 0 Å². The Kier molecular flexibility index (Phi) is 3.20. The molecule has 5 heteroatoms. The van der Waals surface area contributed by atoms with Gasteiger partial charge in [0.05, 0.1) is 12.3 Å². The van der Waals surface area contributed by atoms with E-state index in [-0.39, 0.29) is 17.9 Å². The van der Waals surface area contributed by atoms with E-state index in [1.165, 1.54) is 19.2 Å². The fourth-order valence-electron chi connectivity index (χ4n) is 1.52. The number of methoxy groups -OCH3 is 1. The molecule has 0 amide bonds. The third-order valence-electron chi connectivity index (χ3n) is 2.21. The first kappa shape index (κ1) is 11.3. The highest BCUT2D eigenvalue weighted by atomic mass is 16.5. The molecule has 2 rings (SSSR count). The van der Waals surface area contributed by atoms with Crippen LogP contribution in [-0.4, -0.2) is 22.2 Å². The summed E-state index contributed by atoms with van der Waals surface area (Å²) in [7, 11) is 1.54. The van der Waals surface area contributed by atoms with E-state index in [0.717, 1.165) is 0 Å². The van der Waals surface area contributed by atoms with Crippen LogP contribution in [0.1, 0.15) is 5.69 Å². The molecule has 0 spiro atoms. The van der Waals surface area contributed by atoms with E-state index in [0.29, 0.717) is 17.1 Å². The molecule has 0 unspecified atom stereocenters. The predicted octanol–water partition coefficient (Wildman–Crippen LogP) is 1.29. The zero-order valence-electron chi connectivity index (χ0n) is 9.30. The number of H-pyrrole nitrogens is 1. The Morgan fingerprint density at radius 1 is 1.41 bits per heavy atom. The number of phenolic OH excluding ortho intramolecular Hbond substituents is 1. The molecule has 0 aliphatic heterocycles. The molecule has 0 aliphatic rings. The number of rotatable bonds is 3. The van der Waals surface area contributed by atoms with Crippen molar-refractivity contribution in [1.29, 1.82) is 0 Å². The van der Waals surface area contributed by atoms with Crippen molar-refractivity contribution >= 4 is 0 Å². The number of phenols is 1. The van der Waals surface area contributed by atoms with Gasteiger partial charge in [0.1, 0.15) is 11.6 Å². The number of ether oxygens (including phenoxy) is 1. The number of nitrogens with zero attached hydrogens (tertiary/aromatic N) is 1. The molecule has 5 nitrogen and oxygen atoms in total. The van der Waals surface area contributed by atoms with E-state index < -0.39 is 0 Å². The maximum atomic E-state index is 11.4. The number of benzene rings is 1. The average molecular weight is 232 g/mol. The van der Waals surface area contributed by atoms with Crippen molar-refractivity contribution in [3.05, 3.63) is 46.4 Å². The second-order valence-electron chi connectivity index (χ2n) is 3.57.